The number of hydrogen-bond donors (Lipinski definition) is 1. The van der Waals surface area contributed by atoms with Crippen molar-refractivity contribution >= 4 is 5.78 Å². The van der Waals surface area contributed by atoms with Gasteiger partial charge in [-0.15, -0.1) is 0 Å². The first-order valence-electron chi connectivity index (χ1n) is 5.88. The van der Waals surface area contributed by atoms with Crippen LogP contribution in [0.2, 0.25) is 0 Å². The van der Waals surface area contributed by atoms with Gasteiger partial charge in [-0.25, -0.2) is 0 Å². The van der Waals surface area contributed by atoms with E-state index in [4.69, 9.17) is 5.73 Å². The number of hydrogen-bond acceptors (Lipinski definition) is 2. The smallest absolute Gasteiger partial charge is 0.152 e. The van der Waals surface area contributed by atoms with Gasteiger partial charge in [0.15, 0.2) is 5.78 Å². The molecule has 0 amide bonds. The molecule has 2 nitrogen and oxygen atoms in total. The molecule has 0 aromatic rings. The Hall–Kier alpha value is -0.370. The second-order valence-corrected chi connectivity index (χ2v) is 4.06. The maximum atomic E-state index is 11.8. The molecule has 0 radical (unpaired) electrons. The average molecular weight is 199 g/mol. The van der Waals surface area contributed by atoms with Gasteiger partial charge >= 0.3 is 0 Å². The fourth-order valence-corrected chi connectivity index (χ4v) is 2.22. The van der Waals surface area contributed by atoms with Crippen LogP contribution in [0.25, 0.3) is 0 Å². The molecule has 0 aliphatic heterocycles. The van der Waals surface area contributed by atoms with Crippen LogP contribution in [0.15, 0.2) is 0 Å². The first kappa shape index (κ1) is 13.6. The van der Waals surface area contributed by atoms with E-state index in [1.807, 2.05) is 13.8 Å². The molecule has 2 N–H and O–H groups in total. The molecule has 0 spiro atoms. The highest BCUT2D eigenvalue weighted by Crippen LogP contribution is 2.28. The molecule has 14 heavy (non-hydrogen) atoms. The third-order valence-corrected chi connectivity index (χ3v) is 3.28. The van der Waals surface area contributed by atoms with Crippen LogP contribution in [0.5, 0.6) is 0 Å². The topological polar surface area (TPSA) is 43.1 Å². The zero-order valence-electron chi connectivity index (χ0n) is 10.1. The van der Waals surface area contributed by atoms with E-state index in [-0.39, 0.29) is 5.78 Å². The van der Waals surface area contributed by atoms with Crippen LogP contribution >= 0.6 is 0 Å². The van der Waals surface area contributed by atoms with E-state index in [1.165, 1.54) is 0 Å². The molecule has 0 bridgehead atoms. The summed E-state index contributed by atoms with van der Waals surface area (Å²) < 4.78 is 0. The van der Waals surface area contributed by atoms with Crippen LogP contribution in [-0.4, -0.2) is 11.3 Å². The van der Waals surface area contributed by atoms with Crippen LogP contribution in [0.4, 0.5) is 0 Å². The molecular formula is C12H25NO. The molecule has 0 fully saturated rings. The van der Waals surface area contributed by atoms with Crippen LogP contribution in [0.1, 0.15) is 59.8 Å². The van der Waals surface area contributed by atoms with Gasteiger partial charge in [0, 0.05) is 6.42 Å². The highest BCUT2D eigenvalue weighted by molar-refractivity contribution is 5.88. The zero-order valence-corrected chi connectivity index (χ0v) is 10.1. The van der Waals surface area contributed by atoms with Crippen LogP contribution in [0.3, 0.4) is 0 Å². The second-order valence-electron chi connectivity index (χ2n) is 4.06. The molecule has 0 rings (SSSR count). The van der Waals surface area contributed by atoms with Crippen molar-refractivity contribution in [3.8, 4) is 0 Å². The summed E-state index contributed by atoms with van der Waals surface area (Å²) >= 11 is 0. The van der Waals surface area contributed by atoms with E-state index in [1.54, 1.807) is 0 Å². The molecule has 0 aliphatic rings. The highest BCUT2D eigenvalue weighted by Gasteiger charge is 2.37. The van der Waals surface area contributed by atoms with E-state index in [2.05, 4.69) is 13.8 Å². The lowest BCUT2D eigenvalue weighted by Crippen LogP contribution is -2.53. The number of nitrogens with two attached hydrogens (primary N) is 1. The van der Waals surface area contributed by atoms with Gasteiger partial charge in [-0.3, -0.25) is 4.79 Å². The third-order valence-electron chi connectivity index (χ3n) is 3.28. The summed E-state index contributed by atoms with van der Waals surface area (Å²) in [6, 6.07) is 0. The van der Waals surface area contributed by atoms with Gasteiger partial charge in [0.25, 0.3) is 0 Å². The van der Waals surface area contributed by atoms with E-state index in [0.29, 0.717) is 12.3 Å². The van der Waals surface area contributed by atoms with E-state index in [0.717, 1.165) is 25.7 Å². The SMILES string of the molecule is CCCC(CC)C(N)(CC)C(=O)CC. The lowest BCUT2D eigenvalue weighted by molar-refractivity contribution is -0.126. The van der Waals surface area contributed by atoms with Gasteiger partial charge in [0.2, 0.25) is 0 Å². The molecule has 0 heterocycles. The first-order valence-corrected chi connectivity index (χ1v) is 5.88. The molecule has 0 aliphatic carbocycles. The number of rotatable bonds is 7. The first-order chi connectivity index (χ1) is 6.56. The van der Waals surface area contributed by atoms with Gasteiger partial charge in [-0.2, -0.15) is 0 Å². The Morgan fingerprint density at radius 1 is 1.29 bits per heavy atom. The maximum Gasteiger partial charge on any atom is 0.152 e. The Balaban J connectivity index is 4.69. The predicted molar refractivity (Wildman–Crippen MR) is 61.2 cm³/mol. The number of carbonyl (C=O) groups excluding carboxylic acids is 1. The number of Topliss-reactive ketones (excluding diaryl/α,β-unsaturated/α-hetero) is 1. The molecule has 0 saturated carbocycles. The molecule has 2 heteroatoms. The van der Waals surface area contributed by atoms with E-state index < -0.39 is 5.54 Å². The van der Waals surface area contributed by atoms with Gasteiger partial charge in [0.05, 0.1) is 5.54 Å². The second kappa shape index (κ2) is 6.18. The molecular weight excluding hydrogens is 174 g/mol. The number of carbonyl (C=O) groups is 1. The van der Waals surface area contributed by atoms with Crippen LogP contribution < -0.4 is 5.73 Å². The quantitative estimate of drug-likeness (QED) is 0.685. The largest absolute Gasteiger partial charge is 0.319 e. The van der Waals surface area contributed by atoms with Gasteiger partial charge < -0.3 is 5.73 Å². The van der Waals surface area contributed by atoms with Crippen molar-refractivity contribution in [3.05, 3.63) is 0 Å². The average Bonchev–Trinajstić information content (AvgIpc) is 2.23. The Morgan fingerprint density at radius 3 is 2.14 bits per heavy atom. The number of ketones is 1. The van der Waals surface area contributed by atoms with E-state index >= 15 is 0 Å². The van der Waals surface area contributed by atoms with E-state index in [9.17, 15) is 4.79 Å². The summed E-state index contributed by atoms with van der Waals surface area (Å²) in [7, 11) is 0. The van der Waals surface area contributed by atoms with Crippen molar-refractivity contribution in [2.45, 2.75) is 65.3 Å². The Labute approximate surface area is 88.3 Å². The summed E-state index contributed by atoms with van der Waals surface area (Å²) in [5.74, 6) is 0.574. The van der Waals surface area contributed by atoms with Crippen molar-refractivity contribution in [3.63, 3.8) is 0 Å². The Bertz CT molecular complexity index is 179. The van der Waals surface area contributed by atoms with Crippen molar-refractivity contribution in [1.29, 1.82) is 0 Å². The predicted octanol–water partition coefficient (Wildman–Crippen LogP) is 2.90. The zero-order chi connectivity index (χ0) is 11.2. The minimum Gasteiger partial charge on any atom is -0.319 e. The molecule has 84 valence electrons. The minimum absolute atomic E-state index is 0.223. The van der Waals surface area contributed by atoms with Gasteiger partial charge in [-0.05, 0) is 18.8 Å². The van der Waals surface area contributed by atoms with Crippen molar-refractivity contribution in [2.75, 3.05) is 0 Å². The summed E-state index contributed by atoms with van der Waals surface area (Å²) in [5, 5.41) is 0. The highest BCUT2D eigenvalue weighted by atomic mass is 16.1. The Kier molecular flexibility index (Phi) is 6.01. The lowest BCUT2D eigenvalue weighted by atomic mass is 9.74. The fourth-order valence-electron chi connectivity index (χ4n) is 2.22. The maximum absolute atomic E-state index is 11.8. The summed E-state index contributed by atoms with van der Waals surface area (Å²) in [6.07, 6.45) is 4.49. The molecule has 0 saturated heterocycles. The third kappa shape index (κ3) is 2.81. The normalized spacial score (nSPS) is 17.5. The molecule has 0 aromatic carbocycles. The minimum atomic E-state index is -0.570. The molecule has 2 atom stereocenters. The monoisotopic (exact) mass is 199 g/mol. The van der Waals surface area contributed by atoms with Crippen molar-refractivity contribution in [1.82, 2.24) is 0 Å². The summed E-state index contributed by atoms with van der Waals surface area (Å²) in [6.45, 7) is 8.19. The van der Waals surface area contributed by atoms with Crippen molar-refractivity contribution in [2.24, 2.45) is 11.7 Å². The standard InChI is InChI=1S/C12H25NO/c1-5-9-10(6-2)12(13,8-4)11(14)7-3/h10H,5-9,13H2,1-4H3. The van der Waals surface area contributed by atoms with Gasteiger partial charge in [-0.1, -0.05) is 40.5 Å². The van der Waals surface area contributed by atoms with Crippen molar-refractivity contribution < 1.29 is 4.79 Å². The molecule has 2 unspecified atom stereocenters. The van der Waals surface area contributed by atoms with Crippen LogP contribution in [-0.2, 0) is 4.79 Å². The van der Waals surface area contributed by atoms with Crippen LogP contribution in [0, 0.1) is 5.92 Å². The summed E-state index contributed by atoms with van der Waals surface area (Å²) in [4.78, 5) is 11.8. The van der Waals surface area contributed by atoms with Gasteiger partial charge in [0.1, 0.15) is 0 Å². The lowest BCUT2D eigenvalue weighted by Gasteiger charge is -2.34. The molecule has 0 aromatic heterocycles. The summed E-state index contributed by atoms with van der Waals surface area (Å²) in [5.41, 5.74) is 5.67. The Morgan fingerprint density at radius 2 is 1.86 bits per heavy atom. The fraction of sp³-hybridized carbons (Fsp3) is 0.917.